The third-order valence-corrected chi connectivity index (χ3v) is 8.62. The van der Waals surface area contributed by atoms with Crippen molar-refractivity contribution in [3.63, 3.8) is 0 Å². The number of carbonyl (C=O) groups is 2. The molecule has 0 N–H and O–H groups in total. The summed E-state index contributed by atoms with van der Waals surface area (Å²) >= 11 is 0. The maximum Gasteiger partial charge on any atom is 0.246 e. The van der Waals surface area contributed by atoms with Crippen molar-refractivity contribution in [1.29, 1.82) is 0 Å². The minimum atomic E-state index is 0.112. The Morgan fingerprint density at radius 1 is 1.12 bits per heavy atom. The van der Waals surface area contributed by atoms with Gasteiger partial charge in [-0.05, 0) is 74.7 Å². The summed E-state index contributed by atoms with van der Waals surface area (Å²) in [6.45, 7) is 6.58. The van der Waals surface area contributed by atoms with Gasteiger partial charge in [-0.1, -0.05) is 19.9 Å². The molecule has 0 aromatic heterocycles. The molecule has 3 heteroatoms. The van der Waals surface area contributed by atoms with Gasteiger partial charge in [0.15, 0.2) is 0 Å². The van der Waals surface area contributed by atoms with Gasteiger partial charge in [0.1, 0.15) is 5.78 Å². The molecule has 24 heavy (non-hydrogen) atoms. The molecule has 0 radical (unpaired) electrons. The number of rotatable bonds is 1. The van der Waals surface area contributed by atoms with Gasteiger partial charge in [0.2, 0.25) is 5.91 Å². The molecule has 3 fully saturated rings. The quantitative estimate of drug-likeness (QED) is 0.733. The molecule has 1 amide bonds. The lowest BCUT2D eigenvalue weighted by molar-refractivity contribution is -0.141. The van der Waals surface area contributed by atoms with Crippen LogP contribution in [0.1, 0.15) is 59.3 Å². The van der Waals surface area contributed by atoms with Crippen LogP contribution in [0.5, 0.6) is 0 Å². The Morgan fingerprint density at radius 3 is 2.58 bits per heavy atom. The van der Waals surface area contributed by atoms with Crippen molar-refractivity contribution in [2.75, 3.05) is 7.05 Å². The summed E-state index contributed by atoms with van der Waals surface area (Å²) in [5.41, 5.74) is 0.331. The molecule has 3 aliphatic carbocycles. The zero-order chi connectivity index (χ0) is 17.3. The minimum Gasteiger partial charge on any atom is -0.338 e. The van der Waals surface area contributed by atoms with Crippen LogP contribution in [0.2, 0.25) is 0 Å². The van der Waals surface area contributed by atoms with E-state index in [1.54, 1.807) is 13.0 Å². The number of likely N-dealkylation sites (N-methyl/N-ethyl adjacent to an activating group) is 1. The van der Waals surface area contributed by atoms with Crippen LogP contribution in [0.3, 0.4) is 0 Å². The first-order valence-corrected chi connectivity index (χ1v) is 9.75. The normalized spacial score (nSPS) is 50.2. The highest BCUT2D eigenvalue weighted by molar-refractivity contribution is 5.89. The van der Waals surface area contributed by atoms with Crippen molar-refractivity contribution < 1.29 is 9.59 Å². The lowest BCUT2D eigenvalue weighted by Gasteiger charge is -2.60. The molecule has 0 aromatic rings. The number of fused-ring (bicyclic) bond motifs is 5. The maximum atomic E-state index is 12.2. The number of Topliss-reactive ketones (excluding diaryl/α,β-unsaturated/α-hetero) is 1. The first-order chi connectivity index (χ1) is 11.3. The first kappa shape index (κ1) is 16.4. The van der Waals surface area contributed by atoms with Crippen LogP contribution in [-0.4, -0.2) is 29.7 Å². The Morgan fingerprint density at radius 2 is 1.88 bits per heavy atom. The van der Waals surface area contributed by atoms with Gasteiger partial charge in [-0.2, -0.15) is 0 Å². The van der Waals surface area contributed by atoms with Gasteiger partial charge in [0.05, 0.1) is 0 Å². The summed E-state index contributed by atoms with van der Waals surface area (Å²) < 4.78 is 0. The summed E-state index contributed by atoms with van der Waals surface area (Å²) in [5.74, 6) is 2.92. The Balaban J connectivity index is 1.68. The smallest absolute Gasteiger partial charge is 0.246 e. The van der Waals surface area contributed by atoms with Crippen LogP contribution in [0.4, 0.5) is 0 Å². The van der Waals surface area contributed by atoms with Crippen molar-refractivity contribution >= 4 is 11.7 Å². The van der Waals surface area contributed by atoms with Gasteiger partial charge in [0, 0.05) is 24.4 Å². The molecule has 3 saturated carbocycles. The van der Waals surface area contributed by atoms with Crippen molar-refractivity contribution in [3.05, 3.63) is 12.2 Å². The molecule has 0 bridgehead atoms. The number of amides is 1. The average Bonchev–Trinajstić information content (AvgIpc) is 2.89. The molecule has 132 valence electrons. The largest absolute Gasteiger partial charge is 0.338 e. The monoisotopic (exact) mass is 329 g/mol. The Bertz CT molecular complexity index is 611. The van der Waals surface area contributed by atoms with E-state index in [-0.39, 0.29) is 22.7 Å². The zero-order valence-corrected chi connectivity index (χ0v) is 15.5. The van der Waals surface area contributed by atoms with E-state index < -0.39 is 0 Å². The van der Waals surface area contributed by atoms with Crippen molar-refractivity contribution in [1.82, 2.24) is 4.90 Å². The second-order valence-electron chi connectivity index (χ2n) is 9.40. The summed E-state index contributed by atoms with van der Waals surface area (Å²) in [5, 5.41) is 0. The minimum absolute atomic E-state index is 0.112. The second kappa shape index (κ2) is 5.19. The molecule has 3 nitrogen and oxygen atoms in total. The summed E-state index contributed by atoms with van der Waals surface area (Å²) in [4.78, 5) is 26.3. The molecule has 1 heterocycles. The van der Waals surface area contributed by atoms with E-state index in [1.807, 2.05) is 11.9 Å². The third kappa shape index (κ3) is 1.96. The molecule has 7 atom stereocenters. The highest BCUT2D eigenvalue weighted by Gasteiger charge is 2.60. The first-order valence-electron chi connectivity index (χ1n) is 9.75. The average molecular weight is 329 g/mol. The number of carbonyl (C=O) groups excluding carboxylic acids is 2. The van der Waals surface area contributed by atoms with Crippen molar-refractivity contribution in [2.24, 2.45) is 34.5 Å². The van der Waals surface area contributed by atoms with Gasteiger partial charge >= 0.3 is 0 Å². The molecular weight excluding hydrogens is 298 g/mol. The van der Waals surface area contributed by atoms with Crippen LogP contribution >= 0.6 is 0 Å². The lowest BCUT2D eigenvalue weighted by atomic mass is 9.47. The van der Waals surface area contributed by atoms with E-state index in [2.05, 4.69) is 19.9 Å². The Kier molecular flexibility index (Phi) is 3.54. The summed E-state index contributed by atoms with van der Waals surface area (Å²) in [7, 11) is 1.98. The Hall–Kier alpha value is -1.12. The standard InChI is InChI=1S/C21H31NO2/c1-13(23)15-6-7-16-14-5-8-18-21(3,12-10-19(24)22(18)4)17(14)9-11-20(15,16)2/h10,12,14-18H,5-9,11H2,1-4H3/t14-,15+,16-,17-,18?,20+,21+/m0/s1. The molecule has 4 aliphatic rings. The van der Waals surface area contributed by atoms with Crippen LogP contribution in [0.15, 0.2) is 12.2 Å². The SMILES string of the molecule is CC(=O)[C@H]1CC[C@H]2[C@@H]3CCC4N(C)C(=O)C=C[C@]4(C)[C@H]3CC[C@]12C. The van der Waals surface area contributed by atoms with Gasteiger partial charge in [0.25, 0.3) is 0 Å². The summed E-state index contributed by atoms with van der Waals surface area (Å²) in [6, 6.07) is 0.352. The molecule has 0 aromatic carbocycles. The predicted molar refractivity (Wildman–Crippen MR) is 94.3 cm³/mol. The fourth-order valence-electron chi connectivity index (χ4n) is 7.41. The molecule has 1 unspecified atom stereocenters. The van der Waals surface area contributed by atoms with Crippen LogP contribution in [0.25, 0.3) is 0 Å². The maximum absolute atomic E-state index is 12.2. The van der Waals surface area contributed by atoms with Crippen molar-refractivity contribution in [2.45, 2.75) is 65.3 Å². The number of hydrogen-bond acceptors (Lipinski definition) is 2. The van der Waals surface area contributed by atoms with Crippen LogP contribution in [0, 0.1) is 34.5 Å². The van der Waals surface area contributed by atoms with E-state index in [9.17, 15) is 9.59 Å². The molecule has 1 aliphatic heterocycles. The lowest BCUT2D eigenvalue weighted by Crippen LogP contribution is -2.59. The van der Waals surface area contributed by atoms with E-state index in [1.165, 1.54) is 25.7 Å². The van der Waals surface area contributed by atoms with Crippen molar-refractivity contribution in [3.8, 4) is 0 Å². The van der Waals surface area contributed by atoms with E-state index in [0.717, 1.165) is 18.8 Å². The zero-order valence-electron chi connectivity index (χ0n) is 15.5. The predicted octanol–water partition coefficient (Wildman–Crippen LogP) is 3.83. The topological polar surface area (TPSA) is 37.4 Å². The fourth-order valence-corrected chi connectivity index (χ4v) is 7.41. The number of nitrogens with zero attached hydrogens (tertiary/aromatic N) is 1. The highest BCUT2D eigenvalue weighted by Crippen LogP contribution is 2.65. The third-order valence-electron chi connectivity index (χ3n) is 8.62. The van der Waals surface area contributed by atoms with Gasteiger partial charge in [-0.15, -0.1) is 0 Å². The second-order valence-corrected chi connectivity index (χ2v) is 9.40. The molecule has 4 rings (SSSR count). The summed E-state index contributed by atoms with van der Waals surface area (Å²) in [6.07, 6.45) is 11.1. The Labute approximate surface area is 145 Å². The molecular formula is C21H31NO2. The number of hydrogen-bond donors (Lipinski definition) is 0. The molecule has 0 saturated heterocycles. The molecule has 0 spiro atoms. The highest BCUT2D eigenvalue weighted by atomic mass is 16.2. The van der Waals surface area contributed by atoms with Crippen LogP contribution in [-0.2, 0) is 9.59 Å². The fraction of sp³-hybridized carbons (Fsp3) is 0.810. The van der Waals surface area contributed by atoms with E-state index >= 15 is 0 Å². The van der Waals surface area contributed by atoms with E-state index in [0.29, 0.717) is 23.7 Å². The number of ketones is 1. The van der Waals surface area contributed by atoms with Crippen LogP contribution < -0.4 is 0 Å². The van der Waals surface area contributed by atoms with Gasteiger partial charge in [-0.25, -0.2) is 0 Å². The van der Waals surface area contributed by atoms with E-state index in [4.69, 9.17) is 0 Å². The van der Waals surface area contributed by atoms with Gasteiger partial charge in [-0.3, -0.25) is 9.59 Å². The van der Waals surface area contributed by atoms with Gasteiger partial charge < -0.3 is 4.90 Å².